The molecule has 0 N–H and O–H groups in total. The van der Waals surface area contributed by atoms with E-state index in [-0.39, 0.29) is 6.61 Å². The van der Waals surface area contributed by atoms with Gasteiger partial charge in [0.05, 0.1) is 6.61 Å². The van der Waals surface area contributed by atoms with E-state index in [0.717, 1.165) is 0 Å². The normalized spacial score (nSPS) is 10.8. The summed E-state index contributed by atoms with van der Waals surface area (Å²) >= 11 is 0. The molecule has 0 radical (unpaired) electrons. The molecule has 0 aromatic rings. The molecule has 6 nitrogen and oxygen atoms in total. The van der Waals surface area contributed by atoms with Crippen molar-refractivity contribution in [3.63, 3.8) is 0 Å². The molecule has 0 bridgehead atoms. The van der Waals surface area contributed by atoms with Crippen LogP contribution >= 0.6 is 0 Å². The van der Waals surface area contributed by atoms with Gasteiger partial charge in [0.15, 0.2) is 5.03 Å². The maximum absolute atomic E-state index is 11.1. The predicted molar refractivity (Wildman–Crippen MR) is 45.6 cm³/mol. The van der Waals surface area contributed by atoms with Crippen LogP contribution in [0, 0.1) is 10.1 Å². The third-order valence-electron chi connectivity index (χ3n) is 1.24. The highest BCUT2D eigenvalue weighted by atomic mass is 16.7. The van der Waals surface area contributed by atoms with Gasteiger partial charge in [0.2, 0.25) is 0 Å². The molecule has 0 aromatic heterocycles. The van der Waals surface area contributed by atoms with Gasteiger partial charge in [-0.15, -0.1) is 0 Å². The molecule has 0 unspecified atom stereocenters. The molecule has 0 saturated carbocycles. The number of hydrazine groups is 1. The third kappa shape index (κ3) is 3.27. The standard InChI is InChI=1S/C7H14N2O4/c1-5-13-6(10)8(9(11)12)7(2,3)4/h5H2,1-4H3. The van der Waals surface area contributed by atoms with Crippen LogP contribution in [-0.2, 0) is 4.74 Å². The highest BCUT2D eigenvalue weighted by Crippen LogP contribution is 2.14. The number of carbonyl (C=O) groups excluding carboxylic acids is 1. The van der Waals surface area contributed by atoms with Crippen molar-refractivity contribution in [3.05, 3.63) is 10.1 Å². The number of ether oxygens (including phenoxy) is 1. The topological polar surface area (TPSA) is 72.7 Å². The Hall–Kier alpha value is -1.33. The lowest BCUT2D eigenvalue weighted by atomic mass is 10.1. The van der Waals surface area contributed by atoms with Gasteiger partial charge < -0.3 is 4.74 Å². The van der Waals surface area contributed by atoms with Crippen LogP contribution in [0.4, 0.5) is 4.79 Å². The van der Waals surface area contributed by atoms with Gasteiger partial charge >= 0.3 is 6.09 Å². The van der Waals surface area contributed by atoms with Crippen LogP contribution in [-0.4, -0.2) is 28.3 Å². The van der Waals surface area contributed by atoms with E-state index >= 15 is 0 Å². The second-order valence-corrected chi connectivity index (χ2v) is 3.42. The molecule has 76 valence electrons. The van der Waals surface area contributed by atoms with E-state index in [0.29, 0.717) is 5.01 Å². The summed E-state index contributed by atoms with van der Waals surface area (Å²) in [4.78, 5) is 21.6. The Morgan fingerprint density at radius 1 is 1.54 bits per heavy atom. The van der Waals surface area contributed by atoms with Crippen molar-refractivity contribution in [1.29, 1.82) is 0 Å². The summed E-state index contributed by atoms with van der Waals surface area (Å²) < 4.78 is 4.54. The molecule has 0 aliphatic carbocycles. The molecule has 13 heavy (non-hydrogen) atoms. The zero-order valence-electron chi connectivity index (χ0n) is 8.23. The fourth-order valence-corrected chi connectivity index (χ4v) is 0.770. The maximum Gasteiger partial charge on any atom is 0.468 e. The van der Waals surface area contributed by atoms with Gasteiger partial charge in [-0.2, -0.15) is 0 Å². The first kappa shape index (κ1) is 11.7. The number of nitrogens with zero attached hydrogens (tertiary/aromatic N) is 2. The summed E-state index contributed by atoms with van der Waals surface area (Å²) in [7, 11) is 0. The highest BCUT2D eigenvalue weighted by molar-refractivity contribution is 5.66. The minimum atomic E-state index is -0.931. The number of amides is 1. The fraction of sp³-hybridized carbons (Fsp3) is 0.857. The van der Waals surface area contributed by atoms with Crippen molar-refractivity contribution < 1.29 is 14.6 Å². The zero-order chi connectivity index (χ0) is 10.6. The van der Waals surface area contributed by atoms with Crippen molar-refractivity contribution >= 4 is 6.09 Å². The van der Waals surface area contributed by atoms with E-state index in [9.17, 15) is 14.9 Å². The molecule has 0 aliphatic heterocycles. The molecule has 0 aliphatic rings. The Bertz CT molecular complexity index is 209. The molecule has 0 heterocycles. The van der Waals surface area contributed by atoms with Gasteiger partial charge in [-0.05, 0) is 32.7 Å². The summed E-state index contributed by atoms with van der Waals surface area (Å²) in [5, 5.41) is 10.2. The molecule has 0 atom stereocenters. The van der Waals surface area contributed by atoms with Crippen LogP contribution < -0.4 is 0 Å². The van der Waals surface area contributed by atoms with Gasteiger partial charge in [-0.25, -0.2) is 14.9 Å². The summed E-state index contributed by atoms with van der Waals surface area (Å²) in [6, 6.07) is 0. The first-order chi connectivity index (χ1) is 5.80. The van der Waals surface area contributed by atoms with Crippen molar-refractivity contribution in [1.82, 2.24) is 5.01 Å². The monoisotopic (exact) mass is 190 g/mol. The second-order valence-electron chi connectivity index (χ2n) is 3.42. The Labute approximate surface area is 76.6 Å². The van der Waals surface area contributed by atoms with Crippen molar-refractivity contribution in [2.75, 3.05) is 6.61 Å². The minimum Gasteiger partial charge on any atom is -0.446 e. The fourth-order valence-electron chi connectivity index (χ4n) is 0.770. The lowest BCUT2D eigenvalue weighted by molar-refractivity contribution is -0.651. The van der Waals surface area contributed by atoms with E-state index in [1.165, 1.54) is 0 Å². The van der Waals surface area contributed by atoms with Crippen LogP contribution in [0.2, 0.25) is 0 Å². The second kappa shape index (κ2) is 4.06. The van der Waals surface area contributed by atoms with Gasteiger partial charge in [0.25, 0.3) is 0 Å². The van der Waals surface area contributed by atoms with Crippen LogP contribution in [0.1, 0.15) is 27.7 Å². The van der Waals surface area contributed by atoms with Crippen LogP contribution in [0.25, 0.3) is 0 Å². The molecule has 0 fully saturated rings. The Morgan fingerprint density at radius 3 is 2.23 bits per heavy atom. The molecule has 1 amide bonds. The summed E-state index contributed by atoms with van der Waals surface area (Å²) in [5.74, 6) is 0. The number of nitro groups is 1. The number of carbonyl (C=O) groups is 1. The number of hydrogen-bond acceptors (Lipinski definition) is 4. The number of rotatable bonds is 2. The highest BCUT2D eigenvalue weighted by Gasteiger charge is 2.38. The Kier molecular flexibility index (Phi) is 3.65. The van der Waals surface area contributed by atoms with Crippen LogP contribution in [0.3, 0.4) is 0 Å². The minimum absolute atomic E-state index is 0.124. The zero-order valence-corrected chi connectivity index (χ0v) is 8.23. The number of hydrogen-bond donors (Lipinski definition) is 0. The van der Waals surface area contributed by atoms with E-state index in [4.69, 9.17) is 0 Å². The predicted octanol–water partition coefficient (Wildman–Crippen LogP) is 1.44. The van der Waals surface area contributed by atoms with Crippen molar-refractivity contribution in [2.24, 2.45) is 0 Å². The molecular formula is C7H14N2O4. The van der Waals surface area contributed by atoms with Crippen LogP contribution in [0.5, 0.6) is 0 Å². The average Bonchev–Trinajstić information content (AvgIpc) is 1.82. The molecule has 6 heteroatoms. The van der Waals surface area contributed by atoms with Gasteiger partial charge in [0, 0.05) is 0 Å². The molecule has 0 saturated heterocycles. The molecule has 0 spiro atoms. The van der Waals surface area contributed by atoms with Crippen LogP contribution in [0.15, 0.2) is 0 Å². The Morgan fingerprint density at radius 2 is 2.00 bits per heavy atom. The van der Waals surface area contributed by atoms with Crippen molar-refractivity contribution in [2.45, 2.75) is 33.2 Å². The smallest absolute Gasteiger partial charge is 0.446 e. The summed E-state index contributed by atoms with van der Waals surface area (Å²) in [5.41, 5.74) is -0.879. The van der Waals surface area contributed by atoms with Gasteiger partial charge in [-0.3, -0.25) is 0 Å². The third-order valence-corrected chi connectivity index (χ3v) is 1.24. The Balaban J connectivity index is 4.63. The average molecular weight is 190 g/mol. The molecule has 0 rings (SSSR count). The summed E-state index contributed by atoms with van der Waals surface area (Å²) in [6.07, 6.45) is -0.931. The van der Waals surface area contributed by atoms with Gasteiger partial charge in [-0.1, -0.05) is 0 Å². The SMILES string of the molecule is CCOC(=O)N([N+](=O)[O-])C(C)(C)C. The first-order valence-corrected chi connectivity index (χ1v) is 3.92. The lowest BCUT2D eigenvalue weighted by Gasteiger charge is -2.24. The quantitative estimate of drug-likeness (QED) is 0.487. The lowest BCUT2D eigenvalue weighted by Crippen LogP contribution is -2.49. The molecule has 0 aromatic carbocycles. The van der Waals surface area contributed by atoms with E-state index < -0.39 is 16.7 Å². The largest absolute Gasteiger partial charge is 0.468 e. The van der Waals surface area contributed by atoms with E-state index in [1.54, 1.807) is 27.7 Å². The van der Waals surface area contributed by atoms with E-state index in [1.807, 2.05) is 0 Å². The van der Waals surface area contributed by atoms with Crippen molar-refractivity contribution in [3.8, 4) is 0 Å². The first-order valence-electron chi connectivity index (χ1n) is 3.92. The summed E-state index contributed by atoms with van der Waals surface area (Å²) in [6.45, 7) is 6.41. The van der Waals surface area contributed by atoms with Gasteiger partial charge in [0.1, 0.15) is 5.54 Å². The molecular weight excluding hydrogens is 176 g/mol. The maximum atomic E-state index is 11.1. The van der Waals surface area contributed by atoms with E-state index in [2.05, 4.69) is 4.74 Å².